The summed E-state index contributed by atoms with van der Waals surface area (Å²) in [7, 11) is -3.61. The zero-order valence-electron chi connectivity index (χ0n) is 8.21. The Bertz CT molecular complexity index is 577. The summed E-state index contributed by atoms with van der Waals surface area (Å²) in [6.45, 7) is 0. The van der Waals surface area contributed by atoms with Crippen LogP contribution in [0.15, 0.2) is 41.4 Å². The molecule has 0 spiro atoms. The Balaban J connectivity index is 2.32. The second-order valence-corrected chi connectivity index (χ2v) is 4.80. The van der Waals surface area contributed by atoms with Crippen LogP contribution in [0.1, 0.15) is 0 Å². The molecule has 6 nitrogen and oxygen atoms in total. The fraction of sp³-hybridized carbons (Fsp3) is 0. The van der Waals surface area contributed by atoms with Crippen molar-refractivity contribution in [2.75, 3.05) is 10.5 Å². The van der Waals surface area contributed by atoms with Gasteiger partial charge in [-0.3, -0.25) is 9.82 Å². The van der Waals surface area contributed by atoms with E-state index in [-0.39, 0.29) is 16.4 Å². The summed E-state index contributed by atoms with van der Waals surface area (Å²) in [5, 5.41) is 6.09. The van der Waals surface area contributed by atoms with Gasteiger partial charge in [-0.15, -0.1) is 0 Å². The molecule has 0 aliphatic carbocycles. The average molecular weight is 238 g/mol. The molecule has 1 aromatic heterocycles. The topological polar surface area (TPSA) is 101 Å². The lowest BCUT2D eigenvalue weighted by atomic mass is 10.4. The maximum absolute atomic E-state index is 11.8. The molecule has 4 N–H and O–H groups in total. The number of nitrogen functional groups attached to an aromatic ring is 1. The predicted octanol–water partition coefficient (Wildman–Crippen LogP) is 0.793. The molecule has 0 radical (unpaired) electrons. The van der Waals surface area contributed by atoms with Gasteiger partial charge >= 0.3 is 0 Å². The SMILES string of the molecule is Nc1cn[nH]c1NS(=O)(=O)c1ccccc1. The maximum Gasteiger partial charge on any atom is 0.263 e. The summed E-state index contributed by atoms with van der Waals surface area (Å²) in [4.78, 5) is 0.170. The van der Waals surface area contributed by atoms with Crippen LogP contribution in [0.2, 0.25) is 0 Å². The smallest absolute Gasteiger partial charge is 0.263 e. The van der Waals surface area contributed by atoms with Gasteiger partial charge in [0.2, 0.25) is 0 Å². The van der Waals surface area contributed by atoms with Gasteiger partial charge in [0, 0.05) is 0 Å². The lowest BCUT2D eigenvalue weighted by molar-refractivity contribution is 0.601. The maximum atomic E-state index is 11.8. The number of rotatable bonds is 3. The number of H-pyrrole nitrogens is 1. The molecule has 2 aromatic rings. The first-order chi connectivity index (χ1) is 7.59. The number of nitrogens with two attached hydrogens (primary N) is 1. The number of benzene rings is 1. The number of nitrogens with zero attached hydrogens (tertiary/aromatic N) is 1. The molecular weight excluding hydrogens is 228 g/mol. The van der Waals surface area contributed by atoms with E-state index < -0.39 is 10.0 Å². The van der Waals surface area contributed by atoms with Crippen LogP contribution in [0, 0.1) is 0 Å². The van der Waals surface area contributed by atoms with E-state index in [1.807, 2.05) is 0 Å². The van der Waals surface area contributed by atoms with E-state index in [9.17, 15) is 8.42 Å². The van der Waals surface area contributed by atoms with Crippen LogP contribution in [0.5, 0.6) is 0 Å². The third kappa shape index (κ3) is 1.98. The Morgan fingerprint density at radius 1 is 1.25 bits per heavy atom. The van der Waals surface area contributed by atoms with Crippen molar-refractivity contribution in [2.24, 2.45) is 0 Å². The molecule has 0 fully saturated rings. The summed E-state index contributed by atoms with van der Waals surface area (Å²) < 4.78 is 26.0. The molecule has 2 rings (SSSR count). The Morgan fingerprint density at radius 2 is 1.94 bits per heavy atom. The second kappa shape index (κ2) is 3.86. The highest BCUT2D eigenvalue weighted by Gasteiger charge is 2.15. The fourth-order valence-electron chi connectivity index (χ4n) is 1.17. The fourth-order valence-corrected chi connectivity index (χ4v) is 2.24. The summed E-state index contributed by atoms with van der Waals surface area (Å²) in [5.74, 6) is 0.170. The van der Waals surface area contributed by atoms with Crippen molar-refractivity contribution >= 4 is 21.5 Å². The molecule has 0 aliphatic rings. The number of anilines is 2. The molecule has 7 heteroatoms. The number of aromatic nitrogens is 2. The van der Waals surface area contributed by atoms with E-state index in [4.69, 9.17) is 5.73 Å². The van der Waals surface area contributed by atoms with Crippen LogP contribution in [0.3, 0.4) is 0 Å². The van der Waals surface area contributed by atoms with E-state index in [1.165, 1.54) is 18.3 Å². The summed E-state index contributed by atoms with van der Waals surface area (Å²) in [6, 6.07) is 8.02. The minimum absolute atomic E-state index is 0.170. The van der Waals surface area contributed by atoms with E-state index >= 15 is 0 Å². The van der Waals surface area contributed by atoms with Gasteiger partial charge in [-0.1, -0.05) is 18.2 Å². The van der Waals surface area contributed by atoms with E-state index in [1.54, 1.807) is 18.2 Å². The van der Waals surface area contributed by atoms with Crippen molar-refractivity contribution in [2.45, 2.75) is 4.90 Å². The quantitative estimate of drug-likeness (QED) is 0.735. The molecule has 0 aliphatic heterocycles. The molecule has 0 amide bonds. The van der Waals surface area contributed by atoms with Crippen molar-refractivity contribution in [3.63, 3.8) is 0 Å². The monoisotopic (exact) mass is 238 g/mol. The third-order valence-electron chi connectivity index (χ3n) is 1.96. The summed E-state index contributed by atoms with van der Waals surface area (Å²) in [5.41, 5.74) is 5.75. The van der Waals surface area contributed by atoms with Crippen LogP contribution in [-0.2, 0) is 10.0 Å². The molecule has 16 heavy (non-hydrogen) atoms. The number of aromatic amines is 1. The molecule has 0 saturated carbocycles. The van der Waals surface area contributed by atoms with E-state index in [0.717, 1.165) is 0 Å². The van der Waals surface area contributed by atoms with E-state index in [2.05, 4.69) is 14.9 Å². The normalized spacial score (nSPS) is 11.2. The van der Waals surface area contributed by atoms with Gasteiger partial charge in [0.1, 0.15) is 0 Å². The molecule has 1 aromatic carbocycles. The van der Waals surface area contributed by atoms with E-state index in [0.29, 0.717) is 0 Å². The van der Waals surface area contributed by atoms with Crippen LogP contribution >= 0.6 is 0 Å². The highest BCUT2D eigenvalue weighted by atomic mass is 32.2. The second-order valence-electron chi connectivity index (χ2n) is 3.12. The van der Waals surface area contributed by atoms with Crippen molar-refractivity contribution in [1.29, 1.82) is 0 Å². The zero-order chi connectivity index (χ0) is 11.6. The highest BCUT2D eigenvalue weighted by molar-refractivity contribution is 7.92. The van der Waals surface area contributed by atoms with Crippen molar-refractivity contribution in [3.8, 4) is 0 Å². The van der Waals surface area contributed by atoms with Crippen molar-refractivity contribution < 1.29 is 8.42 Å². The van der Waals surface area contributed by atoms with Gasteiger partial charge in [0.25, 0.3) is 10.0 Å². The number of hydrogen-bond donors (Lipinski definition) is 3. The summed E-state index contributed by atoms with van der Waals surface area (Å²) in [6.07, 6.45) is 1.34. The first-order valence-electron chi connectivity index (χ1n) is 4.46. The Hall–Kier alpha value is -2.02. The molecular formula is C9H10N4O2S. The van der Waals surface area contributed by atoms with Gasteiger partial charge < -0.3 is 5.73 Å². The van der Waals surface area contributed by atoms with Crippen LogP contribution < -0.4 is 10.5 Å². The molecule has 0 atom stereocenters. The molecule has 0 bridgehead atoms. The highest BCUT2D eigenvalue weighted by Crippen LogP contribution is 2.18. The van der Waals surface area contributed by atoms with Gasteiger partial charge in [-0.2, -0.15) is 5.10 Å². The zero-order valence-corrected chi connectivity index (χ0v) is 9.03. The first-order valence-corrected chi connectivity index (χ1v) is 5.94. The lowest BCUT2D eigenvalue weighted by Gasteiger charge is -2.05. The Morgan fingerprint density at radius 3 is 2.50 bits per heavy atom. The number of hydrogen-bond acceptors (Lipinski definition) is 4. The van der Waals surface area contributed by atoms with Crippen LogP contribution in [0.25, 0.3) is 0 Å². The standard InChI is InChI=1S/C9H10N4O2S/c10-8-6-11-12-9(8)13-16(14,15)7-4-2-1-3-5-7/h1-6H,10H2,(H2,11,12,13). The predicted molar refractivity (Wildman–Crippen MR) is 60.3 cm³/mol. The minimum Gasteiger partial charge on any atom is -0.394 e. The lowest BCUT2D eigenvalue weighted by Crippen LogP contribution is -2.14. The molecule has 0 saturated heterocycles. The number of sulfonamides is 1. The van der Waals surface area contributed by atoms with Crippen molar-refractivity contribution in [3.05, 3.63) is 36.5 Å². The Kier molecular flexibility index (Phi) is 2.53. The molecule has 84 valence electrons. The van der Waals surface area contributed by atoms with Gasteiger partial charge in [-0.05, 0) is 12.1 Å². The molecule has 1 heterocycles. The van der Waals surface area contributed by atoms with Crippen molar-refractivity contribution in [1.82, 2.24) is 10.2 Å². The first kappa shape index (κ1) is 10.5. The largest absolute Gasteiger partial charge is 0.394 e. The van der Waals surface area contributed by atoms with Gasteiger partial charge in [-0.25, -0.2) is 8.42 Å². The minimum atomic E-state index is -3.61. The molecule has 0 unspecified atom stereocenters. The average Bonchev–Trinajstić information content (AvgIpc) is 2.65. The summed E-state index contributed by atoms with van der Waals surface area (Å²) >= 11 is 0. The number of nitrogens with one attached hydrogen (secondary N) is 2. The van der Waals surface area contributed by atoms with Crippen LogP contribution in [0.4, 0.5) is 11.5 Å². The third-order valence-corrected chi connectivity index (χ3v) is 3.32. The van der Waals surface area contributed by atoms with Crippen LogP contribution in [-0.4, -0.2) is 18.6 Å². The van der Waals surface area contributed by atoms with Gasteiger partial charge in [0.05, 0.1) is 16.8 Å². The van der Waals surface area contributed by atoms with Gasteiger partial charge in [0.15, 0.2) is 5.82 Å². The Labute approximate surface area is 92.5 Å².